The molecule has 0 aliphatic carbocycles. The number of hydrogen-bond acceptors (Lipinski definition) is 7. The van der Waals surface area contributed by atoms with E-state index in [9.17, 15) is 0 Å². The molecule has 9 nitrogen and oxygen atoms in total. The van der Waals surface area contributed by atoms with E-state index >= 15 is 0 Å². The van der Waals surface area contributed by atoms with E-state index in [-0.39, 0.29) is 0 Å². The molecule has 22 heavy (non-hydrogen) atoms. The number of rotatable bonds is 3. The number of hydrogen-bond donors (Lipinski definition) is 1. The number of aromatic nitrogens is 7. The first-order valence-electron chi connectivity index (χ1n) is 6.44. The molecule has 4 aromatic rings. The van der Waals surface area contributed by atoms with Crippen LogP contribution in [0.15, 0.2) is 24.5 Å². The van der Waals surface area contributed by atoms with Gasteiger partial charge in [-0.15, -0.1) is 5.10 Å². The van der Waals surface area contributed by atoms with Crippen LogP contribution in [0.4, 0.5) is 0 Å². The summed E-state index contributed by atoms with van der Waals surface area (Å²) in [4.78, 5) is 8.62. The fourth-order valence-electron chi connectivity index (χ4n) is 2.33. The maximum atomic E-state index is 5.33. The third-order valence-electron chi connectivity index (χ3n) is 3.35. The van der Waals surface area contributed by atoms with E-state index in [1.165, 1.54) is 10.8 Å². The molecule has 0 bridgehead atoms. The molecule has 9 heteroatoms. The first-order valence-corrected chi connectivity index (χ1v) is 6.44. The van der Waals surface area contributed by atoms with E-state index in [1.54, 1.807) is 14.2 Å². The summed E-state index contributed by atoms with van der Waals surface area (Å²) in [5.74, 6) is 1.71. The number of methoxy groups -OCH3 is 2. The highest BCUT2D eigenvalue weighted by molar-refractivity contribution is 5.88. The quantitative estimate of drug-likeness (QED) is 0.603. The molecule has 0 atom stereocenters. The molecule has 3 aromatic heterocycles. The van der Waals surface area contributed by atoms with Crippen molar-refractivity contribution in [1.29, 1.82) is 0 Å². The third kappa shape index (κ3) is 1.68. The van der Waals surface area contributed by atoms with Crippen LogP contribution < -0.4 is 9.47 Å². The highest BCUT2D eigenvalue weighted by Gasteiger charge is 2.16. The van der Waals surface area contributed by atoms with Gasteiger partial charge in [0.05, 0.1) is 14.2 Å². The topological polar surface area (TPSA) is 103 Å². The van der Waals surface area contributed by atoms with Gasteiger partial charge in [0.15, 0.2) is 17.0 Å². The van der Waals surface area contributed by atoms with E-state index in [0.717, 1.165) is 5.56 Å². The zero-order valence-electron chi connectivity index (χ0n) is 11.8. The highest BCUT2D eigenvalue weighted by atomic mass is 16.5. The number of fused-ring (bicyclic) bond motifs is 3. The van der Waals surface area contributed by atoms with Gasteiger partial charge >= 0.3 is 0 Å². The van der Waals surface area contributed by atoms with Crippen molar-refractivity contribution in [2.24, 2.45) is 0 Å². The molecule has 0 saturated heterocycles. The Morgan fingerprint density at radius 1 is 1.09 bits per heavy atom. The molecule has 0 radical (unpaired) electrons. The smallest absolute Gasteiger partial charge is 0.254 e. The van der Waals surface area contributed by atoms with Gasteiger partial charge in [0, 0.05) is 5.56 Å². The van der Waals surface area contributed by atoms with Gasteiger partial charge in [0.2, 0.25) is 5.65 Å². The predicted molar refractivity (Wildman–Crippen MR) is 76.8 cm³/mol. The SMILES string of the molecule is COc1ccc(-c2nc3ncnn3c3n[nH]nc23)cc1OC. The number of nitrogens with zero attached hydrogens (tertiary/aromatic N) is 6. The number of H-pyrrole nitrogens is 1. The van der Waals surface area contributed by atoms with Crippen molar-refractivity contribution in [3.8, 4) is 22.8 Å². The molecule has 3 heterocycles. The predicted octanol–water partition coefficient (Wildman–Crippen LogP) is 1.08. The van der Waals surface area contributed by atoms with Gasteiger partial charge in [-0.1, -0.05) is 0 Å². The van der Waals surface area contributed by atoms with Crippen LogP contribution in [0.25, 0.3) is 28.2 Å². The van der Waals surface area contributed by atoms with Crippen LogP contribution in [0.1, 0.15) is 0 Å². The van der Waals surface area contributed by atoms with E-state index in [1.807, 2.05) is 18.2 Å². The lowest BCUT2D eigenvalue weighted by Gasteiger charge is -2.09. The van der Waals surface area contributed by atoms with Crippen molar-refractivity contribution >= 4 is 16.9 Å². The summed E-state index contributed by atoms with van der Waals surface area (Å²) in [6.07, 6.45) is 1.43. The van der Waals surface area contributed by atoms with Crippen molar-refractivity contribution in [1.82, 2.24) is 35.0 Å². The van der Waals surface area contributed by atoms with Crippen LogP contribution in [0, 0.1) is 0 Å². The summed E-state index contributed by atoms with van der Waals surface area (Å²) in [7, 11) is 3.18. The van der Waals surface area contributed by atoms with Crippen LogP contribution in [0.3, 0.4) is 0 Å². The summed E-state index contributed by atoms with van der Waals surface area (Å²) in [5, 5.41) is 15.0. The van der Waals surface area contributed by atoms with Gasteiger partial charge in [-0.25, -0.2) is 4.98 Å². The van der Waals surface area contributed by atoms with Gasteiger partial charge in [0.25, 0.3) is 5.78 Å². The Hall–Kier alpha value is -3.23. The lowest BCUT2D eigenvalue weighted by molar-refractivity contribution is 0.355. The molecule has 0 saturated carbocycles. The average molecular weight is 297 g/mol. The van der Waals surface area contributed by atoms with Crippen LogP contribution >= 0.6 is 0 Å². The van der Waals surface area contributed by atoms with Crippen LogP contribution in [0.2, 0.25) is 0 Å². The lowest BCUT2D eigenvalue weighted by atomic mass is 10.1. The Kier molecular flexibility index (Phi) is 2.65. The molecule has 110 valence electrons. The standard InChI is InChI=1S/C13H11N7O2/c1-21-8-4-3-7(5-9(8)22-2)10-11-12(18-19-17-11)20-13(16-10)14-6-15-20/h3-6H,1-2H3,(H,17,18,19). The van der Waals surface area contributed by atoms with Gasteiger partial charge in [0.1, 0.15) is 12.0 Å². The summed E-state index contributed by atoms with van der Waals surface area (Å²) >= 11 is 0. The van der Waals surface area contributed by atoms with E-state index in [2.05, 4.69) is 30.5 Å². The minimum absolute atomic E-state index is 0.450. The fourth-order valence-corrected chi connectivity index (χ4v) is 2.33. The maximum Gasteiger partial charge on any atom is 0.254 e. The van der Waals surface area contributed by atoms with E-state index < -0.39 is 0 Å². The lowest BCUT2D eigenvalue weighted by Crippen LogP contribution is -1.97. The zero-order chi connectivity index (χ0) is 15.1. The molecular weight excluding hydrogens is 286 g/mol. The van der Waals surface area contributed by atoms with E-state index in [0.29, 0.717) is 34.1 Å². The van der Waals surface area contributed by atoms with Gasteiger partial charge in [-0.3, -0.25) is 0 Å². The van der Waals surface area contributed by atoms with Crippen molar-refractivity contribution in [2.45, 2.75) is 0 Å². The minimum Gasteiger partial charge on any atom is -0.493 e. The Balaban J connectivity index is 2.01. The van der Waals surface area contributed by atoms with Gasteiger partial charge in [-0.2, -0.15) is 24.9 Å². The first kappa shape index (κ1) is 12.5. The second-order valence-corrected chi connectivity index (χ2v) is 4.50. The number of nitrogens with one attached hydrogen (secondary N) is 1. The molecular formula is C13H11N7O2. The average Bonchev–Trinajstić information content (AvgIpc) is 3.21. The normalized spacial score (nSPS) is 11.2. The Morgan fingerprint density at radius 2 is 1.95 bits per heavy atom. The summed E-state index contributed by atoms with van der Waals surface area (Å²) in [5.41, 5.74) is 2.63. The number of benzene rings is 1. The Bertz CT molecular complexity index is 975. The molecule has 0 unspecified atom stereocenters. The van der Waals surface area contributed by atoms with E-state index in [4.69, 9.17) is 9.47 Å². The van der Waals surface area contributed by atoms with Crippen molar-refractivity contribution in [2.75, 3.05) is 14.2 Å². The fraction of sp³-hybridized carbons (Fsp3) is 0.154. The Labute approximate surface area is 123 Å². The molecule has 0 amide bonds. The largest absolute Gasteiger partial charge is 0.493 e. The van der Waals surface area contributed by atoms with Crippen LogP contribution in [-0.4, -0.2) is 49.2 Å². The summed E-state index contributed by atoms with van der Waals surface area (Å²) in [6, 6.07) is 5.53. The molecule has 1 N–H and O–H groups in total. The van der Waals surface area contributed by atoms with Gasteiger partial charge in [-0.05, 0) is 18.2 Å². The maximum absolute atomic E-state index is 5.33. The summed E-state index contributed by atoms with van der Waals surface area (Å²) in [6.45, 7) is 0. The molecule has 0 aliphatic heterocycles. The third-order valence-corrected chi connectivity index (χ3v) is 3.35. The molecule has 0 aliphatic rings. The zero-order valence-corrected chi connectivity index (χ0v) is 11.8. The number of ether oxygens (including phenoxy) is 2. The molecule has 1 aromatic carbocycles. The van der Waals surface area contributed by atoms with Crippen molar-refractivity contribution < 1.29 is 9.47 Å². The van der Waals surface area contributed by atoms with Crippen molar-refractivity contribution in [3.63, 3.8) is 0 Å². The summed E-state index contributed by atoms with van der Waals surface area (Å²) < 4.78 is 12.1. The van der Waals surface area contributed by atoms with Gasteiger partial charge < -0.3 is 9.47 Å². The minimum atomic E-state index is 0.450. The number of aromatic amines is 1. The molecule has 0 fully saturated rings. The van der Waals surface area contributed by atoms with Crippen molar-refractivity contribution in [3.05, 3.63) is 24.5 Å². The van der Waals surface area contributed by atoms with Crippen LogP contribution in [0.5, 0.6) is 11.5 Å². The monoisotopic (exact) mass is 297 g/mol. The second kappa shape index (κ2) is 4.65. The highest BCUT2D eigenvalue weighted by Crippen LogP contribution is 2.33. The first-order chi connectivity index (χ1) is 10.8. The second-order valence-electron chi connectivity index (χ2n) is 4.50. The molecule has 0 spiro atoms. The Morgan fingerprint density at radius 3 is 2.77 bits per heavy atom. The van der Waals surface area contributed by atoms with Crippen LogP contribution in [-0.2, 0) is 0 Å². The molecule has 4 rings (SSSR count).